The average Bonchev–Trinajstić information content (AvgIpc) is 3.04. The molecule has 130 valence electrons. The minimum absolute atomic E-state index is 0.410. The Morgan fingerprint density at radius 2 is 1.96 bits per heavy atom. The highest BCUT2D eigenvalue weighted by atomic mass is 79.9. The Labute approximate surface area is 156 Å². The van der Waals surface area contributed by atoms with Gasteiger partial charge in [0.25, 0.3) is 0 Å². The van der Waals surface area contributed by atoms with Crippen LogP contribution in [0.5, 0.6) is 0 Å². The van der Waals surface area contributed by atoms with Crippen molar-refractivity contribution in [2.75, 3.05) is 13.6 Å². The van der Waals surface area contributed by atoms with Gasteiger partial charge in [0.05, 0.1) is 12.2 Å². The van der Waals surface area contributed by atoms with Crippen molar-refractivity contribution in [1.29, 1.82) is 0 Å². The number of hydrogen-bond donors (Lipinski definition) is 2. The molecule has 25 heavy (non-hydrogen) atoms. The Bertz CT molecular complexity index is 857. The van der Waals surface area contributed by atoms with E-state index in [9.17, 15) is 0 Å². The number of aliphatic imine (C=N–C) groups is 1. The van der Waals surface area contributed by atoms with Crippen molar-refractivity contribution in [1.82, 2.24) is 20.0 Å². The second kappa shape index (κ2) is 8.16. The number of rotatable bonds is 5. The van der Waals surface area contributed by atoms with E-state index in [1.54, 1.807) is 7.05 Å². The third kappa shape index (κ3) is 4.60. The molecule has 0 aliphatic heterocycles. The molecule has 2 heterocycles. The number of pyridine rings is 1. The Kier molecular flexibility index (Phi) is 5.71. The summed E-state index contributed by atoms with van der Waals surface area (Å²) in [6.45, 7) is 3.65. The van der Waals surface area contributed by atoms with Gasteiger partial charge in [-0.2, -0.15) is 0 Å². The summed E-state index contributed by atoms with van der Waals surface area (Å²) in [5.41, 5.74) is 3.22. The fourth-order valence-corrected chi connectivity index (χ4v) is 3.00. The first-order valence-electron chi connectivity index (χ1n) is 8.28. The van der Waals surface area contributed by atoms with Gasteiger partial charge in [0.15, 0.2) is 5.96 Å². The van der Waals surface area contributed by atoms with Crippen LogP contribution in [0, 0.1) is 0 Å². The quantitative estimate of drug-likeness (QED) is 0.509. The zero-order chi connectivity index (χ0) is 17.6. The predicted molar refractivity (Wildman–Crippen MR) is 106 cm³/mol. The molecule has 0 fully saturated rings. The molecule has 0 amide bonds. The van der Waals surface area contributed by atoms with Crippen LogP contribution >= 0.6 is 15.9 Å². The van der Waals surface area contributed by atoms with E-state index in [0.717, 1.165) is 28.3 Å². The van der Waals surface area contributed by atoms with Crippen LogP contribution in [0.2, 0.25) is 0 Å². The normalized spacial score (nSPS) is 13.0. The van der Waals surface area contributed by atoms with Crippen LogP contribution in [0.25, 0.3) is 5.65 Å². The van der Waals surface area contributed by atoms with Crippen LogP contribution in [0.15, 0.2) is 64.3 Å². The van der Waals surface area contributed by atoms with Gasteiger partial charge in [-0.1, -0.05) is 37.3 Å². The lowest BCUT2D eigenvalue weighted by Crippen LogP contribution is -2.38. The van der Waals surface area contributed by atoms with Crippen molar-refractivity contribution < 1.29 is 0 Å². The largest absolute Gasteiger partial charge is 0.356 e. The predicted octanol–water partition coefficient (Wildman–Crippen LogP) is 3.57. The first-order valence-corrected chi connectivity index (χ1v) is 9.07. The SMILES string of the molecule is CN=C(NCc1cn2cc(Br)ccc2n1)NCC(C)c1ccccc1. The summed E-state index contributed by atoms with van der Waals surface area (Å²) in [6.07, 6.45) is 4.02. The van der Waals surface area contributed by atoms with Gasteiger partial charge in [-0.3, -0.25) is 4.99 Å². The zero-order valence-electron chi connectivity index (χ0n) is 14.4. The monoisotopic (exact) mass is 399 g/mol. The molecule has 0 saturated carbocycles. The Balaban J connectivity index is 1.55. The number of fused-ring (bicyclic) bond motifs is 1. The molecule has 1 atom stereocenters. The lowest BCUT2D eigenvalue weighted by atomic mass is 10.0. The summed E-state index contributed by atoms with van der Waals surface area (Å²) in [7, 11) is 1.78. The van der Waals surface area contributed by atoms with Gasteiger partial charge >= 0.3 is 0 Å². The number of nitrogens with zero attached hydrogens (tertiary/aromatic N) is 3. The molecule has 2 N–H and O–H groups in total. The van der Waals surface area contributed by atoms with E-state index in [4.69, 9.17) is 0 Å². The lowest BCUT2D eigenvalue weighted by Gasteiger charge is -2.16. The van der Waals surface area contributed by atoms with Crippen LogP contribution in [0.3, 0.4) is 0 Å². The third-order valence-corrected chi connectivity index (χ3v) is 4.54. The molecule has 0 aliphatic carbocycles. The molecular weight excluding hydrogens is 378 g/mol. The van der Waals surface area contributed by atoms with E-state index in [1.165, 1.54) is 5.56 Å². The molecule has 1 unspecified atom stereocenters. The van der Waals surface area contributed by atoms with Crippen LogP contribution in [0.4, 0.5) is 0 Å². The summed E-state index contributed by atoms with van der Waals surface area (Å²) in [4.78, 5) is 8.89. The number of halogens is 1. The molecule has 6 heteroatoms. The van der Waals surface area contributed by atoms with Crippen molar-refractivity contribution in [3.8, 4) is 0 Å². The maximum Gasteiger partial charge on any atom is 0.191 e. The Morgan fingerprint density at radius 1 is 1.16 bits per heavy atom. The number of aromatic nitrogens is 2. The number of benzene rings is 1. The Morgan fingerprint density at radius 3 is 2.72 bits per heavy atom. The van der Waals surface area contributed by atoms with Crippen molar-refractivity contribution >= 4 is 27.5 Å². The van der Waals surface area contributed by atoms with E-state index < -0.39 is 0 Å². The van der Waals surface area contributed by atoms with Crippen LogP contribution in [-0.2, 0) is 6.54 Å². The molecule has 0 radical (unpaired) electrons. The second-order valence-electron chi connectivity index (χ2n) is 5.96. The van der Waals surface area contributed by atoms with Crippen LogP contribution < -0.4 is 10.6 Å². The lowest BCUT2D eigenvalue weighted by molar-refractivity contribution is 0.697. The van der Waals surface area contributed by atoms with E-state index in [0.29, 0.717) is 12.5 Å². The maximum absolute atomic E-state index is 4.60. The van der Waals surface area contributed by atoms with Crippen molar-refractivity contribution in [2.45, 2.75) is 19.4 Å². The first-order chi connectivity index (χ1) is 12.2. The van der Waals surface area contributed by atoms with Gasteiger partial charge in [-0.15, -0.1) is 0 Å². The number of imidazole rings is 1. The number of nitrogens with one attached hydrogen (secondary N) is 2. The standard InChI is InChI=1S/C19H22BrN5/c1-14(15-6-4-3-5-7-15)10-22-19(21-2)23-11-17-13-25-12-16(20)8-9-18(25)24-17/h3-9,12-14H,10-11H2,1-2H3,(H2,21,22,23). The van der Waals surface area contributed by atoms with E-state index in [-0.39, 0.29) is 0 Å². The minimum atomic E-state index is 0.410. The highest BCUT2D eigenvalue weighted by Crippen LogP contribution is 2.13. The van der Waals surface area contributed by atoms with Crippen molar-refractivity contribution in [3.63, 3.8) is 0 Å². The molecule has 0 spiro atoms. The van der Waals surface area contributed by atoms with Gasteiger partial charge in [0.2, 0.25) is 0 Å². The average molecular weight is 400 g/mol. The molecule has 3 aromatic rings. The third-order valence-electron chi connectivity index (χ3n) is 4.07. The summed E-state index contributed by atoms with van der Waals surface area (Å²) < 4.78 is 3.04. The van der Waals surface area contributed by atoms with E-state index >= 15 is 0 Å². The first kappa shape index (κ1) is 17.5. The Hall–Kier alpha value is -2.34. The fraction of sp³-hybridized carbons (Fsp3) is 0.263. The number of hydrogen-bond acceptors (Lipinski definition) is 2. The highest BCUT2D eigenvalue weighted by Gasteiger charge is 2.07. The van der Waals surface area contributed by atoms with Crippen LogP contribution in [0.1, 0.15) is 24.1 Å². The highest BCUT2D eigenvalue weighted by molar-refractivity contribution is 9.10. The second-order valence-corrected chi connectivity index (χ2v) is 6.88. The van der Waals surface area contributed by atoms with Gasteiger partial charge in [-0.25, -0.2) is 4.98 Å². The fourth-order valence-electron chi connectivity index (χ4n) is 2.65. The molecule has 2 aromatic heterocycles. The van der Waals surface area contributed by atoms with Crippen LogP contribution in [-0.4, -0.2) is 28.9 Å². The van der Waals surface area contributed by atoms with Gasteiger partial charge in [0.1, 0.15) is 5.65 Å². The molecular formula is C19H22BrN5. The summed E-state index contributed by atoms with van der Waals surface area (Å²) in [5, 5.41) is 6.70. The van der Waals surface area contributed by atoms with Crippen molar-refractivity contribution in [3.05, 3.63) is 70.6 Å². The summed E-state index contributed by atoms with van der Waals surface area (Å²) in [6, 6.07) is 14.5. The zero-order valence-corrected chi connectivity index (χ0v) is 16.0. The molecule has 5 nitrogen and oxygen atoms in total. The topological polar surface area (TPSA) is 53.7 Å². The summed E-state index contributed by atoms with van der Waals surface area (Å²) >= 11 is 3.47. The number of guanidine groups is 1. The smallest absolute Gasteiger partial charge is 0.191 e. The molecule has 0 bridgehead atoms. The van der Waals surface area contributed by atoms with Gasteiger partial charge < -0.3 is 15.0 Å². The van der Waals surface area contributed by atoms with E-state index in [1.807, 2.05) is 35.0 Å². The van der Waals surface area contributed by atoms with Crippen molar-refractivity contribution in [2.24, 2.45) is 4.99 Å². The molecule has 0 aliphatic rings. The summed E-state index contributed by atoms with van der Waals surface area (Å²) in [5.74, 6) is 1.19. The van der Waals surface area contributed by atoms with E-state index in [2.05, 4.69) is 67.7 Å². The molecule has 3 rings (SSSR count). The maximum atomic E-state index is 4.60. The molecule has 0 saturated heterocycles. The van der Waals surface area contributed by atoms with Gasteiger partial charge in [-0.05, 0) is 39.5 Å². The molecule has 1 aromatic carbocycles. The minimum Gasteiger partial charge on any atom is -0.356 e. The van der Waals surface area contributed by atoms with Gasteiger partial charge in [0, 0.05) is 30.5 Å².